The monoisotopic (exact) mass is 591 g/mol. The molecule has 0 bridgehead atoms. The highest BCUT2D eigenvalue weighted by atomic mass is 32.2. The normalized spacial score (nSPS) is 17.9. The lowest BCUT2D eigenvalue weighted by atomic mass is 10.0. The molecule has 11 nitrogen and oxygen atoms in total. The topological polar surface area (TPSA) is 141 Å². The predicted octanol–water partition coefficient (Wildman–Crippen LogP) is 3.07. The zero-order chi connectivity index (χ0) is 30.4. The lowest BCUT2D eigenvalue weighted by molar-refractivity contribution is -0.137. The van der Waals surface area contributed by atoms with Crippen molar-refractivity contribution in [3.05, 3.63) is 46.0 Å². The van der Waals surface area contributed by atoms with Crippen LogP contribution in [0, 0.1) is 11.3 Å². The number of amides is 1. The first kappa shape index (κ1) is 29.8. The third-order valence-electron chi connectivity index (χ3n) is 7.04. The van der Waals surface area contributed by atoms with E-state index in [1.807, 2.05) is 6.07 Å². The molecule has 1 fully saturated rings. The fourth-order valence-corrected chi connectivity index (χ4v) is 6.27. The summed E-state index contributed by atoms with van der Waals surface area (Å²) in [6, 6.07) is 5.47. The van der Waals surface area contributed by atoms with E-state index in [1.54, 1.807) is 24.8 Å². The second-order valence-corrected chi connectivity index (χ2v) is 11.9. The molecular formula is C26H28F3N7O4S. The molecular weight excluding hydrogens is 563 g/mol. The summed E-state index contributed by atoms with van der Waals surface area (Å²) in [5, 5.41) is 11.7. The van der Waals surface area contributed by atoms with Gasteiger partial charge in [0, 0.05) is 45.4 Å². The Labute approximate surface area is 234 Å². The first-order valence-electron chi connectivity index (χ1n) is 12.6. The molecule has 1 aromatic carbocycles. The Morgan fingerprint density at radius 3 is 2.41 bits per heavy atom. The van der Waals surface area contributed by atoms with Gasteiger partial charge in [0.15, 0.2) is 15.7 Å². The van der Waals surface area contributed by atoms with Gasteiger partial charge in [0.05, 0.1) is 22.5 Å². The largest absolute Gasteiger partial charge is 0.418 e. The van der Waals surface area contributed by atoms with E-state index < -0.39 is 55.8 Å². The van der Waals surface area contributed by atoms with Gasteiger partial charge in [-0.3, -0.25) is 9.36 Å². The zero-order valence-corrected chi connectivity index (χ0v) is 23.8. The number of hydrogen-bond acceptors (Lipinski definition) is 9. The second-order valence-electron chi connectivity index (χ2n) is 9.96. The minimum Gasteiger partial charge on any atom is -0.363 e. The molecule has 4 rings (SSSR count). The average molecular weight is 592 g/mol. The highest BCUT2D eigenvalue weighted by Gasteiger charge is 2.43. The molecule has 41 heavy (non-hydrogen) atoms. The van der Waals surface area contributed by atoms with E-state index in [9.17, 15) is 36.4 Å². The number of carbonyl (C=O) groups is 1. The molecule has 1 amide bonds. The number of rotatable bonds is 5. The Morgan fingerprint density at radius 1 is 1.17 bits per heavy atom. The number of benzene rings is 1. The van der Waals surface area contributed by atoms with E-state index >= 15 is 0 Å². The van der Waals surface area contributed by atoms with Gasteiger partial charge in [0.1, 0.15) is 22.2 Å². The highest BCUT2D eigenvalue weighted by Crippen LogP contribution is 2.45. The van der Waals surface area contributed by atoms with Gasteiger partial charge in [-0.05, 0) is 37.6 Å². The van der Waals surface area contributed by atoms with Crippen LogP contribution in [0.3, 0.4) is 0 Å². The van der Waals surface area contributed by atoms with E-state index in [-0.39, 0.29) is 35.8 Å². The van der Waals surface area contributed by atoms with Crippen LogP contribution in [-0.4, -0.2) is 60.3 Å². The van der Waals surface area contributed by atoms with Gasteiger partial charge < -0.3 is 15.1 Å². The van der Waals surface area contributed by atoms with Crippen LogP contribution in [-0.2, 0) is 27.9 Å². The van der Waals surface area contributed by atoms with Gasteiger partial charge in [-0.15, -0.1) is 0 Å². The second kappa shape index (κ2) is 10.7. The molecule has 1 N–H and O–H groups in total. The number of fused-ring (bicyclic) bond motifs is 1. The summed E-state index contributed by atoms with van der Waals surface area (Å²) in [4.78, 5) is 35.6. The molecule has 3 heterocycles. The van der Waals surface area contributed by atoms with Gasteiger partial charge in [0.2, 0.25) is 5.91 Å². The summed E-state index contributed by atoms with van der Waals surface area (Å²) >= 11 is 0. The molecule has 0 aliphatic carbocycles. The van der Waals surface area contributed by atoms with Crippen LogP contribution >= 0.6 is 0 Å². The van der Waals surface area contributed by atoms with Crippen molar-refractivity contribution in [2.75, 3.05) is 34.5 Å². The number of alkyl halides is 3. The van der Waals surface area contributed by atoms with Crippen molar-refractivity contribution in [3.63, 3.8) is 0 Å². The maximum atomic E-state index is 14.4. The summed E-state index contributed by atoms with van der Waals surface area (Å²) in [7, 11) is -2.76. The smallest absolute Gasteiger partial charge is 0.363 e. The molecule has 0 spiro atoms. The Balaban J connectivity index is 1.93. The zero-order valence-electron chi connectivity index (χ0n) is 22.9. The van der Waals surface area contributed by atoms with Crippen LogP contribution in [0.1, 0.15) is 38.4 Å². The number of nitriles is 1. The van der Waals surface area contributed by atoms with E-state index in [1.165, 1.54) is 22.6 Å². The van der Waals surface area contributed by atoms with Gasteiger partial charge in [-0.25, -0.2) is 18.2 Å². The molecule has 0 saturated carbocycles. The van der Waals surface area contributed by atoms with Crippen LogP contribution in [0.25, 0.3) is 11.0 Å². The minimum absolute atomic E-state index is 0.0657. The molecule has 1 saturated heterocycles. The summed E-state index contributed by atoms with van der Waals surface area (Å²) in [5.74, 6) is -0.462. The maximum absolute atomic E-state index is 14.4. The summed E-state index contributed by atoms with van der Waals surface area (Å²) in [6.07, 6.45) is -3.80. The Bertz CT molecular complexity index is 1750. The number of anilines is 3. The molecule has 1 aliphatic rings. The number of halogens is 3. The van der Waals surface area contributed by atoms with Gasteiger partial charge in [-0.2, -0.15) is 23.4 Å². The number of nitrogens with one attached hydrogen (secondary N) is 1. The number of aryl methyl sites for hydroxylation is 1. The first-order valence-corrected chi connectivity index (χ1v) is 14.5. The number of carbonyl (C=O) groups excluding carboxylic acids is 1. The Kier molecular flexibility index (Phi) is 7.74. The average Bonchev–Trinajstić information content (AvgIpc) is 2.88. The first-order chi connectivity index (χ1) is 19.1. The van der Waals surface area contributed by atoms with Crippen LogP contribution < -0.4 is 20.8 Å². The Hall–Kier alpha value is -4.19. The van der Waals surface area contributed by atoms with Crippen molar-refractivity contribution >= 4 is 44.0 Å². The van der Waals surface area contributed by atoms with E-state index in [2.05, 4.69) is 15.3 Å². The van der Waals surface area contributed by atoms with Gasteiger partial charge in [0.25, 0.3) is 0 Å². The standard InChI is InChI=1S/C26H28F3N7O4S/c1-6-17-13-35(24-21-20(34(4)25(38)33-24)10-7-16(11-30)32-21)14(2)12-36(17)22-18(26(27,28)29)8-9-19(31-15(3)37)23(22)41(5,39)40/h7-10,14,17H,6,12-13H2,1-5H3,(H,31,37)/t14-,17+/m0/s1. The van der Waals surface area contributed by atoms with Crippen molar-refractivity contribution in [1.29, 1.82) is 5.26 Å². The summed E-state index contributed by atoms with van der Waals surface area (Å²) in [6.45, 7) is 4.58. The molecule has 0 radical (unpaired) electrons. The molecule has 3 aromatic rings. The maximum Gasteiger partial charge on any atom is 0.418 e. The number of piperazine rings is 1. The fourth-order valence-electron chi connectivity index (χ4n) is 5.18. The van der Waals surface area contributed by atoms with E-state index in [4.69, 9.17) is 0 Å². The molecule has 2 aromatic heterocycles. The van der Waals surface area contributed by atoms with Crippen LogP contribution in [0.5, 0.6) is 0 Å². The lowest BCUT2D eigenvalue weighted by Gasteiger charge is -2.48. The molecule has 218 valence electrons. The van der Waals surface area contributed by atoms with Crippen LogP contribution in [0.4, 0.5) is 30.4 Å². The molecule has 2 atom stereocenters. The number of nitrogens with zero attached hydrogens (tertiary/aromatic N) is 6. The van der Waals surface area contributed by atoms with Crippen molar-refractivity contribution in [2.24, 2.45) is 7.05 Å². The SMILES string of the molecule is CC[C@@H]1CN(c2nc(=O)n(C)c3ccc(C#N)nc23)[C@@H](C)CN1c1c(C(F)(F)F)ccc(NC(C)=O)c1S(C)(=O)=O. The molecule has 15 heteroatoms. The quantitative estimate of drug-likeness (QED) is 0.474. The molecule has 1 aliphatic heterocycles. The predicted molar refractivity (Wildman–Crippen MR) is 147 cm³/mol. The number of hydrogen-bond donors (Lipinski definition) is 1. The van der Waals surface area contributed by atoms with E-state index in [0.717, 1.165) is 25.3 Å². The van der Waals surface area contributed by atoms with Crippen LogP contribution in [0.15, 0.2) is 34.0 Å². The van der Waals surface area contributed by atoms with Crippen LogP contribution in [0.2, 0.25) is 0 Å². The third kappa shape index (κ3) is 5.56. The summed E-state index contributed by atoms with van der Waals surface area (Å²) < 4.78 is 70.3. The molecule has 0 unspecified atom stereocenters. The van der Waals surface area contributed by atoms with Crippen molar-refractivity contribution in [1.82, 2.24) is 14.5 Å². The van der Waals surface area contributed by atoms with Crippen molar-refractivity contribution in [3.8, 4) is 6.07 Å². The van der Waals surface area contributed by atoms with Crippen molar-refractivity contribution < 1.29 is 26.4 Å². The van der Waals surface area contributed by atoms with Gasteiger partial charge >= 0.3 is 11.9 Å². The highest BCUT2D eigenvalue weighted by molar-refractivity contribution is 7.91. The lowest BCUT2D eigenvalue weighted by Crippen LogP contribution is -2.58. The minimum atomic E-state index is -4.90. The summed E-state index contributed by atoms with van der Waals surface area (Å²) in [5.41, 5.74) is -1.73. The van der Waals surface area contributed by atoms with Gasteiger partial charge in [-0.1, -0.05) is 6.92 Å². The Morgan fingerprint density at radius 2 is 1.85 bits per heavy atom. The van der Waals surface area contributed by atoms with Crippen molar-refractivity contribution in [2.45, 2.75) is 50.3 Å². The number of aromatic nitrogens is 3. The third-order valence-corrected chi connectivity index (χ3v) is 8.20. The number of pyridine rings is 1. The fraction of sp³-hybridized carbons (Fsp3) is 0.423. The number of sulfone groups is 1. The van der Waals surface area contributed by atoms with E-state index in [0.29, 0.717) is 11.9 Å².